The number of benzene rings is 3. The van der Waals surface area contributed by atoms with E-state index in [-0.39, 0.29) is 5.92 Å². The van der Waals surface area contributed by atoms with Gasteiger partial charge in [-0.05, 0) is 81.3 Å². The van der Waals surface area contributed by atoms with E-state index in [1.165, 1.54) is 23.9 Å². The van der Waals surface area contributed by atoms with Crippen molar-refractivity contribution in [2.24, 2.45) is 0 Å². The first kappa shape index (κ1) is 25.3. The van der Waals surface area contributed by atoms with Gasteiger partial charge in [-0.15, -0.1) is 0 Å². The Bertz CT molecular complexity index is 1470. The van der Waals surface area contributed by atoms with Crippen LogP contribution in [-0.4, -0.2) is 48.0 Å². The lowest BCUT2D eigenvalue weighted by atomic mass is 9.93. The number of rotatable bonds is 9. The summed E-state index contributed by atoms with van der Waals surface area (Å²) in [5.74, 6) is 1.23. The molecule has 6 rings (SSSR count). The third-order valence-corrected chi connectivity index (χ3v) is 10.0. The summed E-state index contributed by atoms with van der Waals surface area (Å²) < 4.78 is 31.2. The number of nitrogens with one attached hydrogen (secondary N) is 1. The molecule has 198 valence electrons. The van der Waals surface area contributed by atoms with Gasteiger partial charge < -0.3 is 4.57 Å². The lowest BCUT2D eigenvalue weighted by Crippen LogP contribution is -2.44. The molecule has 0 aliphatic carbocycles. The van der Waals surface area contributed by atoms with E-state index in [4.69, 9.17) is 4.98 Å². The zero-order valence-corrected chi connectivity index (χ0v) is 22.7. The third-order valence-electron chi connectivity index (χ3n) is 8.58. The molecule has 0 spiro atoms. The Hall–Kier alpha value is -3.00. The van der Waals surface area contributed by atoms with Crippen LogP contribution in [0.1, 0.15) is 55.5 Å². The van der Waals surface area contributed by atoms with E-state index < -0.39 is 10.0 Å². The van der Waals surface area contributed by atoms with E-state index in [0.717, 1.165) is 37.1 Å². The predicted molar refractivity (Wildman–Crippen MR) is 152 cm³/mol. The maximum atomic E-state index is 12.9. The van der Waals surface area contributed by atoms with Crippen LogP contribution in [0.25, 0.3) is 11.0 Å². The van der Waals surface area contributed by atoms with E-state index in [1.54, 1.807) is 24.3 Å². The molecule has 2 bridgehead atoms. The standard InChI is InChI=1S/C31H36N4O2S/c1-23-33-30-14-8-9-15-31(30)35(23)28-20-26-16-17-27(21-28)34(26)19-18-25(24-10-4-2-5-11-24)22-32-38(36,37)29-12-6-3-7-13-29/h2-15,25-28,32H,16-22H2,1H3/t25?,26-,27+,28?. The van der Waals surface area contributed by atoms with E-state index in [1.807, 2.05) is 24.3 Å². The van der Waals surface area contributed by atoms with E-state index in [2.05, 4.69) is 57.5 Å². The molecule has 4 atom stereocenters. The van der Waals surface area contributed by atoms with Crippen molar-refractivity contribution in [3.63, 3.8) is 0 Å². The number of nitrogens with zero attached hydrogens (tertiary/aromatic N) is 3. The van der Waals surface area contributed by atoms with Crippen molar-refractivity contribution in [1.29, 1.82) is 0 Å². The van der Waals surface area contributed by atoms with Crippen molar-refractivity contribution in [2.45, 2.75) is 68.0 Å². The number of imidazole rings is 1. The predicted octanol–water partition coefficient (Wildman–Crippen LogP) is 5.67. The summed E-state index contributed by atoms with van der Waals surface area (Å²) >= 11 is 0. The minimum atomic E-state index is -3.54. The normalized spacial score (nSPS) is 22.6. The number of piperidine rings is 1. The highest BCUT2D eigenvalue weighted by molar-refractivity contribution is 7.89. The molecule has 0 radical (unpaired) electrons. The number of fused-ring (bicyclic) bond motifs is 3. The third kappa shape index (κ3) is 5.03. The lowest BCUT2D eigenvalue weighted by Gasteiger charge is -2.40. The number of aryl methyl sites for hydroxylation is 1. The Morgan fingerprint density at radius 1 is 0.868 bits per heavy atom. The van der Waals surface area contributed by atoms with Crippen molar-refractivity contribution >= 4 is 21.1 Å². The van der Waals surface area contributed by atoms with Crippen LogP contribution in [0.15, 0.2) is 89.8 Å². The van der Waals surface area contributed by atoms with Gasteiger partial charge in [0, 0.05) is 24.7 Å². The van der Waals surface area contributed by atoms with Gasteiger partial charge in [-0.1, -0.05) is 60.7 Å². The average Bonchev–Trinajstić information content (AvgIpc) is 3.40. The summed E-state index contributed by atoms with van der Waals surface area (Å²) in [7, 11) is -3.54. The average molecular weight is 529 g/mol. The molecular formula is C31H36N4O2S. The fourth-order valence-corrected chi connectivity index (χ4v) is 7.86. The molecule has 2 aliphatic heterocycles. The first-order chi connectivity index (χ1) is 18.5. The van der Waals surface area contributed by atoms with Crippen LogP contribution in [0.4, 0.5) is 0 Å². The zero-order valence-electron chi connectivity index (χ0n) is 21.9. The molecule has 1 aromatic heterocycles. The monoisotopic (exact) mass is 528 g/mol. The van der Waals surface area contributed by atoms with E-state index >= 15 is 0 Å². The second-order valence-corrected chi connectivity index (χ2v) is 12.6. The molecule has 1 N–H and O–H groups in total. The van der Waals surface area contributed by atoms with Crippen molar-refractivity contribution in [1.82, 2.24) is 19.2 Å². The van der Waals surface area contributed by atoms with Gasteiger partial charge in [-0.2, -0.15) is 0 Å². The van der Waals surface area contributed by atoms with Crippen LogP contribution >= 0.6 is 0 Å². The number of hydrogen-bond acceptors (Lipinski definition) is 4. The molecule has 2 unspecified atom stereocenters. The summed E-state index contributed by atoms with van der Waals surface area (Å²) in [6.07, 6.45) is 5.70. The van der Waals surface area contributed by atoms with Crippen LogP contribution in [0.2, 0.25) is 0 Å². The quantitative estimate of drug-likeness (QED) is 0.304. The Morgan fingerprint density at radius 2 is 1.50 bits per heavy atom. The molecule has 3 aromatic carbocycles. The Morgan fingerprint density at radius 3 is 2.21 bits per heavy atom. The lowest BCUT2D eigenvalue weighted by molar-refractivity contribution is 0.104. The summed E-state index contributed by atoms with van der Waals surface area (Å²) in [4.78, 5) is 7.86. The molecule has 2 saturated heterocycles. The van der Waals surface area contributed by atoms with Crippen LogP contribution in [0.3, 0.4) is 0 Å². The smallest absolute Gasteiger partial charge is 0.240 e. The van der Waals surface area contributed by atoms with Crippen LogP contribution in [0, 0.1) is 6.92 Å². The number of para-hydroxylation sites is 2. The molecule has 7 heteroatoms. The maximum Gasteiger partial charge on any atom is 0.240 e. The summed E-state index contributed by atoms with van der Waals surface area (Å²) in [5.41, 5.74) is 3.52. The van der Waals surface area contributed by atoms with Gasteiger partial charge in [0.05, 0.1) is 15.9 Å². The molecule has 0 saturated carbocycles. The van der Waals surface area contributed by atoms with E-state index in [0.29, 0.717) is 29.6 Å². The fraction of sp³-hybridized carbons (Fsp3) is 0.387. The highest BCUT2D eigenvalue weighted by Gasteiger charge is 2.41. The van der Waals surface area contributed by atoms with Crippen LogP contribution in [-0.2, 0) is 10.0 Å². The minimum Gasteiger partial charge on any atom is -0.325 e. The SMILES string of the molecule is Cc1nc2ccccc2n1C1C[C@H]2CC[C@@H](C1)N2CCC(CNS(=O)(=O)c1ccccc1)c1ccccc1. The molecule has 0 amide bonds. The van der Waals surface area contributed by atoms with Crippen molar-refractivity contribution in [3.8, 4) is 0 Å². The molecule has 4 aromatic rings. The second kappa shape index (κ2) is 10.6. The Balaban J connectivity index is 1.15. The van der Waals surface area contributed by atoms with Gasteiger partial charge in [0.1, 0.15) is 5.82 Å². The first-order valence-electron chi connectivity index (χ1n) is 13.8. The Kier molecular flexibility index (Phi) is 7.08. The largest absolute Gasteiger partial charge is 0.325 e. The van der Waals surface area contributed by atoms with Gasteiger partial charge in [0.15, 0.2) is 0 Å². The number of hydrogen-bond donors (Lipinski definition) is 1. The first-order valence-corrected chi connectivity index (χ1v) is 15.3. The fourth-order valence-electron chi connectivity index (χ4n) is 6.76. The van der Waals surface area contributed by atoms with Gasteiger partial charge >= 0.3 is 0 Å². The van der Waals surface area contributed by atoms with Gasteiger partial charge in [0.2, 0.25) is 10.0 Å². The maximum absolute atomic E-state index is 12.9. The highest BCUT2D eigenvalue weighted by Crippen LogP contribution is 2.42. The van der Waals surface area contributed by atoms with Gasteiger partial charge in [0.25, 0.3) is 0 Å². The summed E-state index contributed by atoms with van der Waals surface area (Å²) in [5, 5.41) is 0. The van der Waals surface area contributed by atoms with Gasteiger partial charge in [-0.25, -0.2) is 18.1 Å². The summed E-state index contributed by atoms with van der Waals surface area (Å²) in [6, 6.07) is 29.1. The molecule has 2 aliphatic rings. The molecule has 38 heavy (non-hydrogen) atoms. The van der Waals surface area contributed by atoms with Crippen LogP contribution < -0.4 is 4.72 Å². The molecule has 3 heterocycles. The number of sulfonamides is 1. The van der Waals surface area contributed by atoms with Gasteiger partial charge in [-0.3, -0.25) is 4.90 Å². The zero-order chi connectivity index (χ0) is 26.1. The minimum absolute atomic E-state index is 0.117. The highest BCUT2D eigenvalue weighted by atomic mass is 32.2. The summed E-state index contributed by atoms with van der Waals surface area (Å²) in [6.45, 7) is 3.51. The second-order valence-electron chi connectivity index (χ2n) is 10.8. The van der Waals surface area contributed by atoms with Crippen molar-refractivity contribution < 1.29 is 8.42 Å². The van der Waals surface area contributed by atoms with Crippen molar-refractivity contribution in [2.75, 3.05) is 13.1 Å². The molecule has 2 fully saturated rings. The molecular weight excluding hydrogens is 492 g/mol. The number of aromatic nitrogens is 2. The van der Waals surface area contributed by atoms with Crippen molar-refractivity contribution in [3.05, 3.63) is 96.3 Å². The van der Waals surface area contributed by atoms with Crippen LogP contribution in [0.5, 0.6) is 0 Å². The molecule has 6 nitrogen and oxygen atoms in total. The topological polar surface area (TPSA) is 67.2 Å². The Labute approximate surface area is 225 Å². The van der Waals surface area contributed by atoms with E-state index in [9.17, 15) is 8.42 Å².